The van der Waals surface area contributed by atoms with Gasteiger partial charge in [0.15, 0.2) is 5.82 Å². The fourth-order valence-corrected chi connectivity index (χ4v) is 1.84. The van der Waals surface area contributed by atoms with Gasteiger partial charge in [0.05, 0.1) is 23.6 Å². The third-order valence-corrected chi connectivity index (χ3v) is 3.00. The van der Waals surface area contributed by atoms with Crippen molar-refractivity contribution in [3.63, 3.8) is 0 Å². The van der Waals surface area contributed by atoms with Crippen molar-refractivity contribution in [2.75, 3.05) is 17.6 Å². The van der Waals surface area contributed by atoms with Crippen LogP contribution < -0.4 is 16.6 Å². The van der Waals surface area contributed by atoms with Crippen LogP contribution in [0.3, 0.4) is 0 Å². The highest BCUT2D eigenvalue weighted by molar-refractivity contribution is 5.89. The molecule has 0 saturated carbocycles. The molecule has 0 radical (unpaired) electrons. The van der Waals surface area contributed by atoms with Gasteiger partial charge in [0.1, 0.15) is 18.9 Å². The second-order valence-corrected chi connectivity index (χ2v) is 4.77. The normalized spacial score (nSPS) is 11.0. The molecule has 0 aliphatic carbocycles. The van der Waals surface area contributed by atoms with Crippen LogP contribution in [0.15, 0.2) is 22.2 Å². The number of hydrogen-bond donors (Lipinski definition) is 2. The Morgan fingerprint density at radius 1 is 1.44 bits per heavy atom. The topological polar surface area (TPSA) is 128 Å². The standard InChI is InChI=1S/C14H15F2N7O2/c1-2-18-6-9-12(17)10(3-15)22-23(13(9)25)7-11(24)21-14-19-4-8(16)5-20-14/h4-6H,2-3,7,17H2,1H3,(H,19,20,21,24). The molecule has 1 amide bonds. The zero-order valence-electron chi connectivity index (χ0n) is 13.2. The summed E-state index contributed by atoms with van der Waals surface area (Å²) >= 11 is 0. The zero-order chi connectivity index (χ0) is 18.4. The highest BCUT2D eigenvalue weighted by Gasteiger charge is 2.16. The lowest BCUT2D eigenvalue weighted by Gasteiger charge is -2.10. The molecule has 2 rings (SSSR count). The highest BCUT2D eigenvalue weighted by atomic mass is 19.1. The average molecular weight is 351 g/mol. The fraction of sp³-hybridized carbons (Fsp3) is 0.286. The van der Waals surface area contributed by atoms with Crippen molar-refractivity contribution >= 4 is 23.8 Å². The number of nitrogens with two attached hydrogens (primary N) is 1. The first-order valence-corrected chi connectivity index (χ1v) is 7.18. The number of halogens is 2. The lowest BCUT2D eigenvalue weighted by molar-refractivity contribution is -0.117. The van der Waals surface area contributed by atoms with Crippen molar-refractivity contribution in [3.8, 4) is 0 Å². The van der Waals surface area contributed by atoms with Crippen LogP contribution in [0.5, 0.6) is 0 Å². The SMILES string of the molecule is CCN=Cc1c(N)c(CF)nn(CC(=O)Nc2ncc(F)cn2)c1=O. The number of aromatic nitrogens is 4. The molecule has 3 N–H and O–H groups in total. The average Bonchev–Trinajstić information content (AvgIpc) is 2.59. The zero-order valence-corrected chi connectivity index (χ0v) is 13.2. The smallest absolute Gasteiger partial charge is 0.278 e. The summed E-state index contributed by atoms with van der Waals surface area (Å²) in [7, 11) is 0. The number of alkyl halides is 1. The monoisotopic (exact) mass is 351 g/mol. The van der Waals surface area contributed by atoms with E-state index >= 15 is 0 Å². The molecular formula is C14H15F2N7O2. The molecular weight excluding hydrogens is 336 g/mol. The maximum atomic E-state index is 13.1. The minimum Gasteiger partial charge on any atom is -0.396 e. The molecule has 132 valence electrons. The van der Waals surface area contributed by atoms with Gasteiger partial charge in [-0.2, -0.15) is 5.10 Å². The summed E-state index contributed by atoms with van der Waals surface area (Å²) < 4.78 is 26.6. The van der Waals surface area contributed by atoms with E-state index in [0.717, 1.165) is 17.1 Å². The molecule has 0 unspecified atom stereocenters. The molecule has 0 spiro atoms. The van der Waals surface area contributed by atoms with E-state index in [9.17, 15) is 18.4 Å². The van der Waals surface area contributed by atoms with E-state index in [4.69, 9.17) is 5.73 Å². The van der Waals surface area contributed by atoms with Crippen LogP contribution in [0.2, 0.25) is 0 Å². The van der Waals surface area contributed by atoms with Gasteiger partial charge in [-0.3, -0.25) is 19.9 Å². The molecule has 0 fully saturated rings. The summed E-state index contributed by atoms with van der Waals surface area (Å²) in [5.74, 6) is -1.51. The maximum absolute atomic E-state index is 13.1. The fourth-order valence-electron chi connectivity index (χ4n) is 1.84. The summed E-state index contributed by atoms with van der Waals surface area (Å²) in [6.07, 6.45) is 2.96. The number of nitrogens with zero attached hydrogens (tertiary/aromatic N) is 5. The summed E-state index contributed by atoms with van der Waals surface area (Å²) in [5, 5.41) is 6.01. The number of rotatable bonds is 6. The van der Waals surface area contributed by atoms with E-state index in [2.05, 4.69) is 25.4 Å². The van der Waals surface area contributed by atoms with Crippen LogP contribution in [0.4, 0.5) is 20.4 Å². The van der Waals surface area contributed by atoms with Gasteiger partial charge in [-0.15, -0.1) is 0 Å². The third kappa shape index (κ3) is 4.40. The molecule has 0 aliphatic heterocycles. The van der Waals surface area contributed by atoms with E-state index in [1.54, 1.807) is 6.92 Å². The van der Waals surface area contributed by atoms with Gasteiger partial charge in [-0.05, 0) is 6.92 Å². The van der Waals surface area contributed by atoms with Gasteiger partial charge in [0.25, 0.3) is 5.56 Å². The Labute approximate surface area is 140 Å². The largest absolute Gasteiger partial charge is 0.396 e. The number of anilines is 2. The predicted octanol–water partition coefficient (Wildman–Crippen LogP) is 0.302. The van der Waals surface area contributed by atoms with Gasteiger partial charge >= 0.3 is 0 Å². The maximum Gasteiger partial charge on any atom is 0.278 e. The molecule has 2 heterocycles. The quantitative estimate of drug-likeness (QED) is 0.721. The van der Waals surface area contributed by atoms with Crippen LogP contribution in [-0.4, -0.2) is 38.4 Å². The molecule has 2 aromatic rings. The van der Waals surface area contributed by atoms with E-state index in [1.165, 1.54) is 6.21 Å². The first-order chi connectivity index (χ1) is 12.0. The molecule has 11 heteroatoms. The number of hydrogen-bond acceptors (Lipinski definition) is 7. The van der Waals surface area contributed by atoms with Gasteiger partial charge in [-0.25, -0.2) is 23.4 Å². The van der Waals surface area contributed by atoms with Gasteiger partial charge in [0.2, 0.25) is 11.9 Å². The minimum atomic E-state index is -1.01. The minimum absolute atomic E-state index is 0.0460. The number of nitrogen functional groups attached to an aromatic ring is 1. The number of nitrogens with one attached hydrogen (secondary N) is 1. The Kier molecular flexibility index (Phi) is 5.82. The third-order valence-electron chi connectivity index (χ3n) is 3.00. The van der Waals surface area contributed by atoms with Crippen molar-refractivity contribution in [2.45, 2.75) is 20.1 Å². The lowest BCUT2D eigenvalue weighted by atomic mass is 10.2. The highest BCUT2D eigenvalue weighted by Crippen LogP contribution is 2.11. The first kappa shape index (κ1) is 18.1. The Hall–Kier alpha value is -3.24. The molecule has 0 saturated heterocycles. The Balaban J connectivity index is 2.28. The van der Waals surface area contributed by atoms with Crippen LogP contribution in [-0.2, 0) is 18.0 Å². The number of aliphatic imine (C=N–C) groups is 1. The molecule has 0 aromatic carbocycles. The van der Waals surface area contributed by atoms with E-state index in [0.29, 0.717) is 6.54 Å². The molecule has 0 bridgehead atoms. The summed E-state index contributed by atoms with van der Waals surface area (Å²) in [5.41, 5.74) is 4.67. The van der Waals surface area contributed by atoms with Gasteiger partial charge in [0, 0.05) is 12.8 Å². The van der Waals surface area contributed by atoms with Crippen molar-refractivity contribution in [3.05, 3.63) is 39.8 Å². The second-order valence-electron chi connectivity index (χ2n) is 4.77. The van der Waals surface area contributed by atoms with E-state index < -0.39 is 30.5 Å². The number of carbonyl (C=O) groups is 1. The van der Waals surface area contributed by atoms with Crippen LogP contribution >= 0.6 is 0 Å². The Bertz CT molecular complexity index is 849. The summed E-state index contributed by atoms with van der Waals surface area (Å²) in [6.45, 7) is 0.606. The molecule has 25 heavy (non-hydrogen) atoms. The van der Waals surface area contributed by atoms with Gasteiger partial charge < -0.3 is 5.73 Å². The first-order valence-electron chi connectivity index (χ1n) is 7.18. The van der Waals surface area contributed by atoms with Crippen molar-refractivity contribution in [1.82, 2.24) is 19.7 Å². The van der Waals surface area contributed by atoms with Crippen molar-refractivity contribution < 1.29 is 13.6 Å². The molecule has 0 aliphatic rings. The Morgan fingerprint density at radius 3 is 2.72 bits per heavy atom. The molecule has 0 atom stereocenters. The lowest BCUT2D eigenvalue weighted by Crippen LogP contribution is -2.33. The van der Waals surface area contributed by atoms with Crippen molar-refractivity contribution in [1.29, 1.82) is 0 Å². The second kappa shape index (κ2) is 8.04. The summed E-state index contributed by atoms with van der Waals surface area (Å²) in [4.78, 5) is 35.4. The number of carbonyl (C=O) groups excluding carboxylic acids is 1. The Morgan fingerprint density at radius 2 is 2.12 bits per heavy atom. The molecule has 2 aromatic heterocycles. The molecule has 9 nitrogen and oxygen atoms in total. The van der Waals surface area contributed by atoms with Crippen molar-refractivity contribution in [2.24, 2.45) is 4.99 Å². The van der Waals surface area contributed by atoms with Crippen LogP contribution in [0.25, 0.3) is 0 Å². The summed E-state index contributed by atoms with van der Waals surface area (Å²) in [6, 6.07) is 0. The van der Waals surface area contributed by atoms with Crippen LogP contribution in [0.1, 0.15) is 18.2 Å². The van der Waals surface area contributed by atoms with Crippen LogP contribution in [0, 0.1) is 5.82 Å². The number of amides is 1. The van der Waals surface area contributed by atoms with E-state index in [1.807, 2.05) is 0 Å². The van der Waals surface area contributed by atoms with Gasteiger partial charge in [-0.1, -0.05) is 0 Å². The van der Waals surface area contributed by atoms with E-state index in [-0.39, 0.29) is 22.9 Å². The predicted molar refractivity (Wildman–Crippen MR) is 86.5 cm³/mol.